The van der Waals surface area contributed by atoms with Crippen LogP contribution in [0.1, 0.15) is 23.7 Å². The normalized spacial score (nSPS) is 11.6. The topological polar surface area (TPSA) is 64.4 Å². The van der Waals surface area contributed by atoms with Gasteiger partial charge in [0.1, 0.15) is 11.3 Å². The van der Waals surface area contributed by atoms with Gasteiger partial charge >= 0.3 is 0 Å². The Morgan fingerprint density at radius 2 is 2.00 bits per heavy atom. The fraction of sp³-hybridized carbons (Fsp3) is 0.154. The Morgan fingerprint density at radius 1 is 1.22 bits per heavy atom. The first kappa shape index (κ1) is 21.7. The van der Waals surface area contributed by atoms with E-state index in [1.54, 1.807) is 25.6 Å². The van der Waals surface area contributed by atoms with Gasteiger partial charge in [0.2, 0.25) is 5.91 Å². The van der Waals surface area contributed by atoms with Crippen LogP contribution >= 0.6 is 11.6 Å². The average molecular weight is 447 g/mol. The molecular weight excluding hydrogens is 424 g/mol. The fourth-order valence-electron chi connectivity index (χ4n) is 3.73. The lowest BCUT2D eigenvalue weighted by Gasteiger charge is -2.13. The molecule has 4 rings (SSSR count). The highest BCUT2D eigenvalue weighted by Crippen LogP contribution is 2.40. The van der Waals surface area contributed by atoms with Crippen LogP contribution in [0.5, 0.6) is 5.75 Å². The van der Waals surface area contributed by atoms with Crippen LogP contribution in [0.2, 0.25) is 5.02 Å². The van der Waals surface area contributed by atoms with Crippen molar-refractivity contribution in [3.8, 4) is 16.9 Å². The van der Waals surface area contributed by atoms with Crippen LogP contribution in [0.15, 0.2) is 71.5 Å². The third-order valence-electron chi connectivity index (χ3n) is 5.35. The number of aryl methyl sites for hydroxylation is 1. The Labute approximate surface area is 191 Å². The van der Waals surface area contributed by atoms with Crippen molar-refractivity contribution in [1.29, 1.82) is 0 Å². The van der Waals surface area contributed by atoms with Gasteiger partial charge in [-0.05, 0) is 55.3 Å². The highest BCUT2D eigenvalue weighted by atomic mass is 35.5. The lowest BCUT2D eigenvalue weighted by molar-refractivity contribution is -0.116. The molecule has 0 saturated heterocycles. The van der Waals surface area contributed by atoms with Crippen molar-refractivity contribution < 1.29 is 13.9 Å². The number of nitrogens with zero attached hydrogens (tertiary/aromatic N) is 1. The Balaban J connectivity index is 1.70. The first-order valence-electron chi connectivity index (χ1n) is 10.2. The molecule has 0 aliphatic rings. The molecule has 4 aromatic rings. The summed E-state index contributed by atoms with van der Waals surface area (Å²) in [4.78, 5) is 16.8. The number of pyridine rings is 1. The number of hydrogen-bond donors (Lipinski definition) is 1. The molecule has 1 amide bonds. The van der Waals surface area contributed by atoms with Gasteiger partial charge in [0.15, 0.2) is 0 Å². The summed E-state index contributed by atoms with van der Waals surface area (Å²) >= 11 is 6.05. The highest BCUT2D eigenvalue weighted by molar-refractivity contribution is 6.30. The molecule has 0 bridgehead atoms. The number of furan rings is 1. The van der Waals surface area contributed by atoms with Crippen LogP contribution < -0.4 is 10.1 Å². The summed E-state index contributed by atoms with van der Waals surface area (Å²) in [5.41, 5.74) is 6.00. The summed E-state index contributed by atoms with van der Waals surface area (Å²) in [6.45, 7) is 4.21. The Bertz CT molecular complexity index is 1290. The Morgan fingerprint density at radius 3 is 2.69 bits per heavy atom. The first-order valence-corrected chi connectivity index (χ1v) is 10.6. The summed E-state index contributed by atoms with van der Waals surface area (Å²) in [5.74, 6) is 0.485. The van der Waals surface area contributed by atoms with Gasteiger partial charge in [0, 0.05) is 39.4 Å². The van der Waals surface area contributed by atoms with E-state index < -0.39 is 0 Å². The number of carbonyl (C=O) groups excluding carboxylic acids is 1. The third kappa shape index (κ3) is 4.39. The molecule has 0 atom stereocenters. The van der Waals surface area contributed by atoms with Crippen LogP contribution in [-0.4, -0.2) is 18.0 Å². The molecule has 0 saturated carbocycles. The molecule has 1 N–H and O–H groups in total. The average Bonchev–Trinajstić information content (AvgIpc) is 3.23. The van der Waals surface area contributed by atoms with Crippen LogP contribution in [0, 0.1) is 6.92 Å². The second-order valence-electron chi connectivity index (χ2n) is 7.48. The Hall–Kier alpha value is -3.57. The number of halogens is 1. The minimum absolute atomic E-state index is 0.196. The van der Waals surface area contributed by atoms with Crippen molar-refractivity contribution >= 4 is 34.1 Å². The molecule has 2 aromatic carbocycles. The monoisotopic (exact) mass is 446 g/mol. The van der Waals surface area contributed by atoms with Gasteiger partial charge in [-0.25, -0.2) is 0 Å². The van der Waals surface area contributed by atoms with Crippen molar-refractivity contribution in [3.05, 3.63) is 88.9 Å². The summed E-state index contributed by atoms with van der Waals surface area (Å²) in [7, 11) is 1.62. The third-order valence-corrected chi connectivity index (χ3v) is 5.60. The SMILES string of the molecule is COc1c(/C(C)=C/C(=O)NCc2ccccn2)cc2c(-c3ccc(Cl)cc3)coc2c1C. The second-order valence-corrected chi connectivity index (χ2v) is 7.92. The number of allylic oxidation sites excluding steroid dienone is 1. The van der Waals surface area contributed by atoms with Crippen LogP contribution in [-0.2, 0) is 11.3 Å². The summed E-state index contributed by atoms with van der Waals surface area (Å²) in [6, 6.07) is 15.2. The molecule has 162 valence electrons. The molecule has 5 nitrogen and oxygen atoms in total. The van der Waals surface area contributed by atoms with Crippen molar-refractivity contribution in [2.75, 3.05) is 7.11 Å². The van der Waals surface area contributed by atoms with E-state index in [2.05, 4.69) is 10.3 Å². The van der Waals surface area contributed by atoms with Gasteiger partial charge in [-0.3, -0.25) is 9.78 Å². The minimum atomic E-state index is -0.196. The maximum atomic E-state index is 12.5. The number of fused-ring (bicyclic) bond motifs is 1. The van der Waals surface area contributed by atoms with Crippen molar-refractivity contribution in [1.82, 2.24) is 10.3 Å². The number of ether oxygens (including phenoxy) is 1. The second kappa shape index (κ2) is 9.28. The van der Waals surface area contributed by atoms with E-state index in [4.69, 9.17) is 20.8 Å². The van der Waals surface area contributed by atoms with Crippen molar-refractivity contribution in [2.45, 2.75) is 20.4 Å². The molecule has 6 heteroatoms. The van der Waals surface area contributed by atoms with E-state index in [9.17, 15) is 4.79 Å². The lowest BCUT2D eigenvalue weighted by Crippen LogP contribution is -2.21. The fourth-order valence-corrected chi connectivity index (χ4v) is 3.86. The molecular formula is C26H23ClN2O3. The van der Waals surface area contributed by atoms with Gasteiger partial charge in [-0.2, -0.15) is 0 Å². The number of rotatable bonds is 6. The minimum Gasteiger partial charge on any atom is -0.496 e. The molecule has 0 aliphatic heterocycles. The zero-order valence-electron chi connectivity index (χ0n) is 18.1. The van der Waals surface area contributed by atoms with E-state index in [0.717, 1.165) is 44.5 Å². The molecule has 0 aliphatic carbocycles. The van der Waals surface area contributed by atoms with Gasteiger partial charge in [-0.1, -0.05) is 29.8 Å². The van der Waals surface area contributed by atoms with E-state index in [-0.39, 0.29) is 5.91 Å². The molecule has 32 heavy (non-hydrogen) atoms. The number of benzene rings is 2. The van der Waals surface area contributed by atoms with Crippen molar-refractivity contribution in [2.24, 2.45) is 0 Å². The molecule has 0 fully saturated rings. The number of amides is 1. The molecule has 0 radical (unpaired) electrons. The summed E-state index contributed by atoms with van der Waals surface area (Å²) in [6.07, 6.45) is 5.02. The van der Waals surface area contributed by atoms with E-state index in [0.29, 0.717) is 17.3 Å². The zero-order valence-corrected chi connectivity index (χ0v) is 18.9. The predicted octanol–water partition coefficient (Wildman–Crippen LogP) is 6.18. The first-order chi connectivity index (χ1) is 15.5. The summed E-state index contributed by atoms with van der Waals surface area (Å²) < 4.78 is 11.6. The quantitative estimate of drug-likeness (QED) is 0.359. The smallest absolute Gasteiger partial charge is 0.244 e. The van der Waals surface area contributed by atoms with Crippen LogP contribution in [0.3, 0.4) is 0 Å². The molecule has 2 aromatic heterocycles. The number of hydrogen-bond acceptors (Lipinski definition) is 4. The van der Waals surface area contributed by atoms with Gasteiger partial charge < -0.3 is 14.5 Å². The zero-order chi connectivity index (χ0) is 22.7. The molecule has 0 spiro atoms. The summed E-state index contributed by atoms with van der Waals surface area (Å²) in [5, 5.41) is 4.50. The highest BCUT2D eigenvalue weighted by Gasteiger charge is 2.18. The van der Waals surface area contributed by atoms with Crippen LogP contribution in [0.25, 0.3) is 27.7 Å². The van der Waals surface area contributed by atoms with E-state index in [1.165, 1.54) is 0 Å². The maximum absolute atomic E-state index is 12.5. The maximum Gasteiger partial charge on any atom is 0.244 e. The largest absolute Gasteiger partial charge is 0.496 e. The number of carbonyl (C=O) groups is 1. The van der Waals surface area contributed by atoms with Crippen LogP contribution in [0.4, 0.5) is 0 Å². The lowest BCUT2D eigenvalue weighted by atomic mass is 9.96. The standard InChI is InChI=1S/C26H23ClN2O3/c1-16(12-24(30)29-14-20-6-4-5-11-28-20)21-13-22-23(18-7-9-19(27)10-8-18)15-32-26(22)17(2)25(21)31-3/h4-13,15H,14H2,1-3H3,(H,29,30)/b16-12+. The van der Waals surface area contributed by atoms with E-state index in [1.807, 2.05) is 62.4 Å². The predicted molar refractivity (Wildman–Crippen MR) is 128 cm³/mol. The Kier molecular flexibility index (Phi) is 6.28. The van der Waals surface area contributed by atoms with E-state index >= 15 is 0 Å². The van der Waals surface area contributed by atoms with Crippen molar-refractivity contribution in [3.63, 3.8) is 0 Å². The number of nitrogens with one attached hydrogen (secondary N) is 1. The number of methoxy groups -OCH3 is 1. The molecule has 2 heterocycles. The van der Waals surface area contributed by atoms with Gasteiger partial charge in [-0.15, -0.1) is 0 Å². The van der Waals surface area contributed by atoms with Gasteiger partial charge in [0.05, 0.1) is 25.6 Å². The molecule has 0 unspecified atom stereocenters. The van der Waals surface area contributed by atoms with Gasteiger partial charge in [0.25, 0.3) is 0 Å². The number of aromatic nitrogens is 1.